The Morgan fingerprint density at radius 1 is 1.12 bits per heavy atom. The number of carbonyl (C=O) groups excluding carboxylic acids is 2. The highest BCUT2D eigenvalue weighted by atomic mass is 35.5. The largest absolute Gasteiger partial charge is 0.507 e. The van der Waals surface area contributed by atoms with Crippen molar-refractivity contribution in [2.75, 3.05) is 25.7 Å². The maximum atomic E-state index is 11.1. The quantitative estimate of drug-likeness (QED) is 0.423. The molecule has 0 aliphatic carbocycles. The monoisotopic (exact) mass is 404 g/mol. The first-order valence-electron chi connectivity index (χ1n) is 6.62. The molecule has 2 heterocycles. The van der Waals surface area contributed by atoms with E-state index in [9.17, 15) is 19.5 Å². The highest BCUT2D eigenvalue weighted by Gasteiger charge is 2.17. The number of methoxy groups -OCH3 is 2. The number of nitrogen functional groups attached to an aromatic ring is 2. The number of ether oxygens (including phenoxy) is 2. The van der Waals surface area contributed by atoms with Gasteiger partial charge in [0.15, 0.2) is 0 Å². The van der Waals surface area contributed by atoms with E-state index in [2.05, 4.69) is 19.4 Å². The summed E-state index contributed by atoms with van der Waals surface area (Å²) in [5.74, 6) is -2.17. The van der Waals surface area contributed by atoms with E-state index in [0.717, 1.165) is 13.2 Å². The number of anilines is 2. The summed E-state index contributed by atoms with van der Waals surface area (Å²) in [5.41, 5.74) is 9.92. The van der Waals surface area contributed by atoms with Gasteiger partial charge in [-0.3, -0.25) is 4.79 Å². The summed E-state index contributed by atoms with van der Waals surface area (Å²) in [7, 11) is 2.37. The van der Waals surface area contributed by atoms with Crippen LogP contribution in [0.2, 0.25) is 10.2 Å². The Morgan fingerprint density at radius 3 is 2.12 bits per heavy atom. The van der Waals surface area contributed by atoms with Gasteiger partial charge in [0.2, 0.25) is 0 Å². The van der Waals surface area contributed by atoms with Crippen LogP contribution in [0.25, 0.3) is 0 Å². The third-order valence-corrected chi connectivity index (χ3v) is 3.29. The molecular formula is C14H14Cl2N4O6. The average Bonchev–Trinajstić information content (AvgIpc) is 2.53. The van der Waals surface area contributed by atoms with E-state index in [1.54, 1.807) is 0 Å². The van der Waals surface area contributed by atoms with Crippen molar-refractivity contribution in [3.8, 4) is 5.75 Å². The Hall–Kier alpha value is -2.98. The SMILES string of the molecule is COC(=O)c1c(Cl)cc(Cl)nc1N.COC(=O)c1c(O)cc(=O)[nH]c1N. The lowest BCUT2D eigenvalue weighted by atomic mass is 10.2. The van der Waals surface area contributed by atoms with Crippen LogP contribution in [-0.2, 0) is 9.47 Å². The molecule has 0 saturated heterocycles. The Kier molecular flexibility index (Phi) is 7.23. The fraction of sp³-hybridized carbons (Fsp3) is 0.143. The van der Waals surface area contributed by atoms with Gasteiger partial charge in [-0.15, -0.1) is 0 Å². The van der Waals surface area contributed by atoms with Crippen LogP contribution >= 0.6 is 23.2 Å². The van der Waals surface area contributed by atoms with Crippen LogP contribution in [0.5, 0.6) is 5.75 Å². The molecule has 6 N–H and O–H groups in total. The Bertz CT molecular complexity index is 850. The smallest absolute Gasteiger partial charge is 0.345 e. The van der Waals surface area contributed by atoms with Gasteiger partial charge >= 0.3 is 11.9 Å². The van der Waals surface area contributed by atoms with Crippen molar-refractivity contribution in [1.82, 2.24) is 9.97 Å². The number of aromatic nitrogens is 2. The zero-order valence-electron chi connectivity index (χ0n) is 13.5. The summed E-state index contributed by atoms with van der Waals surface area (Å²) in [6.07, 6.45) is 0. The van der Waals surface area contributed by atoms with Crippen molar-refractivity contribution >= 4 is 46.8 Å². The molecule has 0 bridgehead atoms. The second-order valence-electron chi connectivity index (χ2n) is 4.48. The first kappa shape index (κ1) is 21.1. The maximum absolute atomic E-state index is 11.1. The summed E-state index contributed by atoms with van der Waals surface area (Å²) >= 11 is 11.2. The molecule has 0 atom stereocenters. The van der Waals surface area contributed by atoms with Gasteiger partial charge in [-0.1, -0.05) is 23.2 Å². The number of halogens is 2. The predicted molar refractivity (Wildman–Crippen MR) is 94.5 cm³/mol. The summed E-state index contributed by atoms with van der Waals surface area (Å²) in [6.45, 7) is 0. The number of carbonyl (C=O) groups is 2. The van der Waals surface area contributed by atoms with Crippen LogP contribution in [0.1, 0.15) is 20.7 Å². The van der Waals surface area contributed by atoms with Crippen LogP contribution in [0.15, 0.2) is 16.9 Å². The lowest BCUT2D eigenvalue weighted by molar-refractivity contribution is 0.0590. The van der Waals surface area contributed by atoms with E-state index in [4.69, 9.17) is 34.7 Å². The molecule has 0 spiro atoms. The summed E-state index contributed by atoms with van der Waals surface area (Å²) in [6, 6.07) is 2.17. The minimum absolute atomic E-state index is 0.0357. The molecule has 2 rings (SSSR count). The number of pyridine rings is 2. The molecule has 0 unspecified atom stereocenters. The third kappa shape index (κ3) is 5.01. The number of esters is 2. The van der Waals surface area contributed by atoms with E-state index in [1.165, 1.54) is 13.2 Å². The molecule has 26 heavy (non-hydrogen) atoms. The molecule has 0 radical (unpaired) electrons. The molecule has 2 aromatic rings. The number of nitrogens with one attached hydrogen (secondary N) is 1. The normalized spacial score (nSPS) is 9.69. The Balaban J connectivity index is 0.000000260. The van der Waals surface area contributed by atoms with E-state index >= 15 is 0 Å². The van der Waals surface area contributed by atoms with Gasteiger partial charge < -0.3 is 31.0 Å². The van der Waals surface area contributed by atoms with Crippen molar-refractivity contribution in [2.45, 2.75) is 0 Å². The third-order valence-electron chi connectivity index (χ3n) is 2.80. The van der Waals surface area contributed by atoms with Crippen LogP contribution in [-0.4, -0.2) is 41.2 Å². The van der Waals surface area contributed by atoms with Gasteiger partial charge in [0.1, 0.15) is 33.7 Å². The molecular weight excluding hydrogens is 391 g/mol. The number of aromatic amines is 1. The van der Waals surface area contributed by atoms with Crippen LogP contribution in [0, 0.1) is 0 Å². The average molecular weight is 405 g/mol. The van der Waals surface area contributed by atoms with Gasteiger partial charge in [0.05, 0.1) is 19.2 Å². The number of hydrogen-bond acceptors (Lipinski definition) is 9. The van der Waals surface area contributed by atoms with Crippen molar-refractivity contribution < 1.29 is 24.2 Å². The van der Waals surface area contributed by atoms with Crippen molar-refractivity contribution in [3.63, 3.8) is 0 Å². The molecule has 0 amide bonds. The van der Waals surface area contributed by atoms with E-state index in [-0.39, 0.29) is 32.9 Å². The Morgan fingerprint density at radius 2 is 1.65 bits per heavy atom. The summed E-state index contributed by atoms with van der Waals surface area (Å²) in [4.78, 5) is 38.6. The molecule has 0 saturated carbocycles. The number of aromatic hydroxyl groups is 1. The summed E-state index contributed by atoms with van der Waals surface area (Å²) in [5, 5.41) is 9.44. The maximum Gasteiger partial charge on any atom is 0.345 e. The highest BCUT2D eigenvalue weighted by Crippen LogP contribution is 2.24. The number of nitrogens with two attached hydrogens (primary N) is 2. The van der Waals surface area contributed by atoms with Crippen LogP contribution in [0.4, 0.5) is 11.6 Å². The van der Waals surface area contributed by atoms with Gasteiger partial charge in [-0.2, -0.15) is 0 Å². The number of hydrogen-bond donors (Lipinski definition) is 4. The minimum Gasteiger partial charge on any atom is -0.507 e. The van der Waals surface area contributed by atoms with Gasteiger partial charge in [0, 0.05) is 6.07 Å². The van der Waals surface area contributed by atoms with Gasteiger partial charge in [-0.25, -0.2) is 14.6 Å². The first-order chi connectivity index (χ1) is 12.1. The summed E-state index contributed by atoms with van der Waals surface area (Å²) < 4.78 is 8.79. The Labute approximate surface area is 156 Å². The number of nitrogens with zero attached hydrogens (tertiary/aromatic N) is 1. The minimum atomic E-state index is -0.800. The van der Waals surface area contributed by atoms with Crippen LogP contribution in [0.3, 0.4) is 0 Å². The second-order valence-corrected chi connectivity index (χ2v) is 5.27. The lowest BCUT2D eigenvalue weighted by Crippen LogP contribution is -2.14. The molecule has 10 nitrogen and oxygen atoms in total. The molecule has 2 aromatic heterocycles. The highest BCUT2D eigenvalue weighted by molar-refractivity contribution is 6.36. The molecule has 0 aliphatic heterocycles. The van der Waals surface area contributed by atoms with Crippen molar-refractivity contribution in [3.05, 3.63) is 43.8 Å². The number of H-pyrrole nitrogens is 1. The molecule has 12 heteroatoms. The van der Waals surface area contributed by atoms with E-state index in [0.29, 0.717) is 0 Å². The zero-order chi connectivity index (χ0) is 20.0. The molecule has 0 fully saturated rings. The molecule has 0 aliphatic rings. The fourth-order valence-electron chi connectivity index (χ4n) is 1.69. The zero-order valence-corrected chi connectivity index (χ0v) is 15.0. The van der Waals surface area contributed by atoms with E-state index in [1.807, 2.05) is 0 Å². The van der Waals surface area contributed by atoms with E-state index < -0.39 is 23.2 Å². The standard InChI is InChI=1S/C7H6Cl2N2O2.C7H8N2O4/c1-13-7(12)5-3(8)2-4(9)11-6(5)10;1-13-7(12)5-3(10)2-4(11)9-6(5)8/h2H,1H3,(H2,10,11);2H,1H3,(H4,8,9,10,11). The van der Waals surface area contributed by atoms with Crippen LogP contribution < -0.4 is 17.0 Å². The lowest BCUT2D eigenvalue weighted by Gasteiger charge is -2.04. The fourth-order valence-corrected chi connectivity index (χ4v) is 2.22. The van der Waals surface area contributed by atoms with Gasteiger partial charge in [-0.05, 0) is 6.07 Å². The second kappa shape index (κ2) is 8.92. The molecule has 140 valence electrons. The predicted octanol–water partition coefficient (Wildman–Crippen LogP) is 1.21. The van der Waals surface area contributed by atoms with Crippen molar-refractivity contribution in [1.29, 1.82) is 0 Å². The topological polar surface area (TPSA) is 171 Å². The molecule has 0 aromatic carbocycles. The van der Waals surface area contributed by atoms with Crippen molar-refractivity contribution in [2.24, 2.45) is 0 Å². The first-order valence-corrected chi connectivity index (χ1v) is 7.37. The number of rotatable bonds is 2. The van der Waals surface area contributed by atoms with Gasteiger partial charge in [0.25, 0.3) is 5.56 Å².